The highest BCUT2D eigenvalue weighted by molar-refractivity contribution is 6.05. The number of rotatable bonds is 19. The van der Waals surface area contributed by atoms with Gasteiger partial charge in [-0.1, -0.05) is 13.2 Å². The Labute approximate surface area is 288 Å². The number of carbonyl (C=O) groups is 6. The van der Waals surface area contributed by atoms with E-state index in [1.54, 1.807) is 0 Å². The molecule has 0 aromatic heterocycles. The van der Waals surface area contributed by atoms with E-state index in [2.05, 4.69) is 13.2 Å². The lowest BCUT2D eigenvalue weighted by atomic mass is 9.97. The predicted octanol–water partition coefficient (Wildman–Crippen LogP) is 2.15. The molecule has 0 bridgehead atoms. The number of aliphatic hydroxyl groups excluding tert-OH is 2. The number of ketones is 1. The third-order valence-electron chi connectivity index (χ3n) is 6.28. The van der Waals surface area contributed by atoms with Gasteiger partial charge in [-0.25, -0.2) is 24.0 Å². The largest absolute Gasteiger partial charge is 0.490 e. The van der Waals surface area contributed by atoms with Gasteiger partial charge in [-0.3, -0.25) is 4.79 Å². The summed E-state index contributed by atoms with van der Waals surface area (Å²) in [6, 6.07) is 9.16. The lowest BCUT2D eigenvalue weighted by Crippen LogP contribution is -2.30. The molecule has 0 fully saturated rings. The number of ether oxygens (including phenoxy) is 6. The van der Waals surface area contributed by atoms with Gasteiger partial charge in [0.2, 0.25) is 0 Å². The maximum absolute atomic E-state index is 13.0. The van der Waals surface area contributed by atoms with Gasteiger partial charge < -0.3 is 43.7 Å². The average Bonchev–Trinajstić information content (AvgIpc) is 3.08. The molecule has 0 saturated heterocycles. The minimum absolute atomic E-state index is 0.0865. The van der Waals surface area contributed by atoms with Gasteiger partial charge in [-0.05, 0) is 70.2 Å². The topological polar surface area (TPSA) is 218 Å². The normalized spacial score (nSPS) is 12.1. The molecule has 270 valence electrons. The van der Waals surface area contributed by atoms with Crippen molar-refractivity contribution in [2.24, 2.45) is 0 Å². The van der Waals surface area contributed by atoms with E-state index in [-0.39, 0.29) is 41.1 Å². The first-order valence-electron chi connectivity index (χ1n) is 15.1. The van der Waals surface area contributed by atoms with E-state index in [9.17, 15) is 44.1 Å². The van der Waals surface area contributed by atoms with E-state index < -0.39 is 85.4 Å². The first-order chi connectivity index (χ1) is 23.4. The molecule has 0 spiro atoms. The van der Waals surface area contributed by atoms with Gasteiger partial charge in [0.15, 0.2) is 5.78 Å². The van der Waals surface area contributed by atoms with Crippen LogP contribution in [0.2, 0.25) is 0 Å². The molecule has 50 heavy (non-hydrogen) atoms. The molecule has 0 heterocycles. The van der Waals surface area contributed by atoms with E-state index in [0.717, 1.165) is 18.2 Å². The summed E-state index contributed by atoms with van der Waals surface area (Å²) >= 11 is 0. The summed E-state index contributed by atoms with van der Waals surface area (Å²) in [5.41, 5.74) is -2.09. The monoisotopic (exact) mass is 700 g/mol. The molecule has 15 heteroatoms. The molecule has 15 nitrogen and oxygen atoms in total. The van der Waals surface area contributed by atoms with Crippen molar-refractivity contribution in [3.63, 3.8) is 0 Å². The molecule has 0 aliphatic rings. The summed E-state index contributed by atoms with van der Waals surface area (Å²) in [4.78, 5) is 74.0. The van der Waals surface area contributed by atoms with Crippen molar-refractivity contribution in [1.29, 1.82) is 0 Å². The van der Waals surface area contributed by atoms with Crippen LogP contribution in [0.5, 0.6) is 5.75 Å². The predicted molar refractivity (Wildman–Crippen MR) is 173 cm³/mol. The number of esters is 5. The Morgan fingerprint density at radius 2 is 1.10 bits per heavy atom. The highest BCUT2D eigenvalue weighted by Crippen LogP contribution is 2.19. The highest BCUT2D eigenvalue weighted by Gasteiger charge is 2.26. The van der Waals surface area contributed by atoms with Gasteiger partial charge in [-0.15, -0.1) is 0 Å². The lowest BCUT2D eigenvalue weighted by molar-refractivity contribution is -0.143. The number of hydrogen-bond donors (Lipinski definition) is 3. The molecule has 2 rings (SSSR count). The number of aliphatic hydroxyl groups is 3. The highest BCUT2D eigenvalue weighted by atomic mass is 16.6. The first-order valence-corrected chi connectivity index (χ1v) is 15.1. The molecule has 2 unspecified atom stereocenters. The molecule has 0 radical (unpaired) electrons. The second kappa shape index (κ2) is 19.0. The average molecular weight is 701 g/mol. The third kappa shape index (κ3) is 13.3. The zero-order valence-electron chi connectivity index (χ0n) is 28.1. The molecule has 2 aromatic carbocycles. The third-order valence-corrected chi connectivity index (χ3v) is 6.28. The van der Waals surface area contributed by atoms with Gasteiger partial charge >= 0.3 is 29.8 Å². The Kier molecular flexibility index (Phi) is 15.5. The van der Waals surface area contributed by atoms with Crippen LogP contribution in [0.25, 0.3) is 0 Å². The van der Waals surface area contributed by atoms with E-state index in [0.29, 0.717) is 5.75 Å². The van der Waals surface area contributed by atoms with Gasteiger partial charge in [0.25, 0.3) is 0 Å². The summed E-state index contributed by atoms with van der Waals surface area (Å²) in [6.07, 6.45) is -2.82. The zero-order chi connectivity index (χ0) is 37.6. The van der Waals surface area contributed by atoms with E-state index in [4.69, 9.17) is 28.4 Å². The van der Waals surface area contributed by atoms with E-state index in [1.807, 2.05) is 0 Å². The Bertz CT molecular complexity index is 1580. The SMILES string of the molecule is C=C(C)C(=O)OCC(O)COC(=O)c1ccc(C(=O)OCCOc2ccc(C(=O)C(C)(C)O)cc2)c(C(=O)OCC(O)COC(=O)C(=C)C)c1. The maximum atomic E-state index is 13.0. The number of carbonyl (C=O) groups excluding carboxylic acids is 6. The van der Waals surface area contributed by atoms with Crippen molar-refractivity contribution < 1.29 is 72.5 Å². The summed E-state index contributed by atoms with van der Waals surface area (Å²) in [5, 5.41) is 30.0. The van der Waals surface area contributed by atoms with Gasteiger partial charge in [0.05, 0.1) is 16.7 Å². The fourth-order valence-electron chi connectivity index (χ4n) is 3.64. The van der Waals surface area contributed by atoms with Crippen LogP contribution in [0.4, 0.5) is 0 Å². The van der Waals surface area contributed by atoms with Crippen molar-refractivity contribution in [2.75, 3.05) is 39.6 Å². The van der Waals surface area contributed by atoms with Gasteiger partial charge in [0, 0.05) is 16.7 Å². The lowest BCUT2D eigenvalue weighted by Gasteiger charge is -2.16. The standard InChI is InChI=1S/C35H40O15/c1-20(2)30(39)47-16-24(36)18-49-32(41)23-9-12-27(28(15-23)34(43)50-19-25(37)17-48-31(40)21(3)4)33(42)46-14-13-45-26-10-7-22(8-11-26)29(38)35(5,6)44/h7-12,15,24-25,36-37,44H,1,3,13-14,16-19H2,2,4-6H3. The summed E-state index contributed by atoms with van der Waals surface area (Å²) < 4.78 is 30.5. The molecule has 3 N–H and O–H groups in total. The van der Waals surface area contributed by atoms with Crippen LogP contribution in [0.3, 0.4) is 0 Å². The van der Waals surface area contributed by atoms with Crippen LogP contribution < -0.4 is 4.74 Å². The van der Waals surface area contributed by atoms with Crippen molar-refractivity contribution in [2.45, 2.75) is 45.5 Å². The number of benzene rings is 2. The zero-order valence-corrected chi connectivity index (χ0v) is 28.1. The van der Waals surface area contributed by atoms with Crippen molar-refractivity contribution in [3.05, 3.63) is 89.0 Å². The molecule has 0 aliphatic heterocycles. The molecule has 2 aromatic rings. The molecular formula is C35H40O15. The van der Waals surface area contributed by atoms with Crippen LogP contribution >= 0.6 is 0 Å². The van der Waals surface area contributed by atoms with Crippen LogP contribution in [-0.4, -0.2) is 108 Å². The Morgan fingerprint density at radius 3 is 1.60 bits per heavy atom. The van der Waals surface area contributed by atoms with Crippen LogP contribution in [0.1, 0.15) is 69.1 Å². The smallest absolute Gasteiger partial charge is 0.339 e. The second-order valence-corrected chi connectivity index (χ2v) is 11.4. The summed E-state index contributed by atoms with van der Waals surface area (Å²) in [7, 11) is 0. The fourth-order valence-corrected chi connectivity index (χ4v) is 3.64. The van der Waals surface area contributed by atoms with Crippen LogP contribution in [0.15, 0.2) is 66.8 Å². The summed E-state index contributed by atoms with van der Waals surface area (Å²) in [5.74, 6) is -4.83. The van der Waals surface area contributed by atoms with Crippen LogP contribution in [0, 0.1) is 0 Å². The summed E-state index contributed by atoms with van der Waals surface area (Å²) in [6.45, 7) is 9.70. The number of hydrogen-bond acceptors (Lipinski definition) is 15. The number of Topliss-reactive ketones (excluding diaryl/α,β-unsaturated/α-hetero) is 1. The molecule has 2 atom stereocenters. The van der Waals surface area contributed by atoms with Gasteiger partial charge in [0.1, 0.15) is 63.2 Å². The quantitative estimate of drug-likeness (QED) is 0.0629. The minimum atomic E-state index is -1.55. The maximum Gasteiger partial charge on any atom is 0.339 e. The van der Waals surface area contributed by atoms with E-state index in [1.165, 1.54) is 52.0 Å². The second-order valence-electron chi connectivity index (χ2n) is 11.4. The Balaban J connectivity index is 2.11. The molecular weight excluding hydrogens is 660 g/mol. The first kappa shape index (κ1) is 40.8. The molecule has 0 amide bonds. The van der Waals surface area contributed by atoms with Crippen LogP contribution in [-0.2, 0) is 33.3 Å². The fraction of sp³-hybridized carbons (Fsp3) is 0.371. The van der Waals surface area contributed by atoms with Crippen molar-refractivity contribution >= 4 is 35.6 Å². The van der Waals surface area contributed by atoms with E-state index >= 15 is 0 Å². The van der Waals surface area contributed by atoms with Crippen molar-refractivity contribution in [1.82, 2.24) is 0 Å². The van der Waals surface area contributed by atoms with Crippen molar-refractivity contribution in [3.8, 4) is 5.75 Å². The Morgan fingerprint density at radius 1 is 0.640 bits per heavy atom. The molecule has 0 aliphatic carbocycles. The molecule has 0 saturated carbocycles. The minimum Gasteiger partial charge on any atom is -0.490 e. The van der Waals surface area contributed by atoms with Gasteiger partial charge in [-0.2, -0.15) is 0 Å². The Hall–Kier alpha value is -5.38.